The zero-order valence-electron chi connectivity index (χ0n) is 15.0. The van der Waals surface area contributed by atoms with E-state index >= 15 is 0 Å². The minimum Gasteiger partial charge on any atom is -0.333 e. The summed E-state index contributed by atoms with van der Waals surface area (Å²) in [5.74, 6) is -0.490. The van der Waals surface area contributed by atoms with Crippen LogP contribution in [-0.2, 0) is 17.5 Å². The second-order valence-corrected chi connectivity index (χ2v) is 6.98. The molecule has 1 unspecified atom stereocenters. The second kappa shape index (κ2) is 7.86. The Kier molecular flexibility index (Phi) is 6.59. The van der Waals surface area contributed by atoms with Gasteiger partial charge in [-0.05, 0) is 52.4 Å². The maximum absolute atomic E-state index is 12.6. The van der Waals surface area contributed by atoms with Gasteiger partial charge in [-0.2, -0.15) is 13.2 Å². The van der Waals surface area contributed by atoms with E-state index in [1.54, 1.807) is 39.6 Å². The SMILES string of the molecule is CC(C(=O)NC(=O)NC(C)(C)C)N(C)Cc1ccc(C(F)(F)F)cc1. The standard InChI is InChI=1S/C17H24F3N3O2/c1-11(14(24)21-15(25)22-16(2,3)4)23(5)10-12-6-8-13(9-7-12)17(18,19)20/h6-9,11H,10H2,1-5H3,(H2,21,22,24,25). The molecule has 0 aliphatic carbocycles. The molecule has 3 amide bonds. The molecule has 0 fully saturated rings. The maximum Gasteiger partial charge on any atom is 0.416 e. The second-order valence-electron chi connectivity index (χ2n) is 6.98. The molecule has 25 heavy (non-hydrogen) atoms. The van der Waals surface area contributed by atoms with Crippen LogP contribution in [0.5, 0.6) is 0 Å². The lowest BCUT2D eigenvalue weighted by Crippen LogP contribution is -2.52. The monoisotopic (exact) mass is 359 g/mol. The molecular weight excluding hydrogens is 335 g/mol. The summed E-state index contributed by atoms with van der Waals surface area (Å²) in [5.41, 5.74) is -0.558. The highest BCUT2D eigenvalue weighted by Gasteiger charge is 2.30. The van der Waals surface area contributed by atoms with E-state index in [0.29, 0.717) is 5.56 Å². The van der Waals surface area contributed by atoms with Crippen LogP contribution in [0.25, 0.3) is 0 Å². The van der Waals surface area contributed by atoms with Gasteiger partial charge in [-0.1, -0.05) is 12.1 Å². The number of halogens is 3. The maximum atomic E-state index is 12.6. The molecule has 0 spiro atoms. The first-order valence-corrected chi connectivity index (χ1v) is 7.79. The summed E-state index contributed by atoms with van der Waals surface area (Å²) >= 11 is 0. The molecule has 0 aliphatic rings. The van der Waals surface area contributed by atoms with Gasteiger partial charge in [0.25, 0.3) is 0 Å². The number of urea groups is 1. The van der Waals surface area contributed by atoms with E-state index in [2.05, 4.69) is 10.6 Å². The first kappa shape index (κ1) is 21.0. The molecule has 0 radical (unpaired) electrons. The Bertz CT molecular complexity index is 607. The summed E-state index contributed by atoms with van der Waals surface area (Å²) in [6.07, 6.45) is -4.38. The predicted molar refractivity (Wildman–Crippen MR) is 88.8 cm³/mol. The van der Waals surface area contributed by atoms with E-state index in [4.69, 9.17) is 0 Å². The Balaban J connectivity index is 2.62. The van der Waals surface area contributed by atoms with Crippen molar-refractivity contribution in [1.29, 1.82) is 0 Å². The zero-order chi connectivity index (χ0) is 19.4. The Labute approximate surface area is 145 Å². The fourth-order valence-electron chi connectivity index (χ4n) is 2.01. The average Bonchev–Trinajstić information content (AvgIpc) is 2.43. The Hall–Kier alpha value is -2.09. The van der Waals surface area contributed by atoms with E-state index in [-0.39, 0.29) is 6.54 Å². The molecule has 0 aromatic heterocycles. The molecule has 0 bridgehead atoms. The molecule has 0 saturated carbocycles. The lowest BCUT2D eigenvalue weighted by Gasteiger charge is -2.25. The average molecular weight is 359 g/mol. The van der Waals surface area contributed by atoms with Crippen LogP contribution in [0.2, 0.25) is 0 Å². The van der Waals surface area contributed by atoms with Crippen molar-refractivity contribution in [1.82, 2.24) is 15.5 Å². The summed E-state index contributed by atoms with van der Waals surface area (Å²) in [7, 11) is 1.66. The van der Waals surface area contributed by atoms with Crippen LogP contribution in [0.15, 0.2) is 24.3 Å². The molecule has 1 aromatic rings. The number of hydrogen-bond acceptors (Lipinski definition) is 3. The minimum absolute atomic E-state index is 0.271. The van der Waals surface area contributed by atoms with Gasteiger partial charge in [0, 0.05) is 12.1 Å². The van der Waals surface area contributed by atoms with Gasteiger partial charge in [0.2, 0.25) is 5.91 Å². The van der Waals surface area contributed by atoms with E-state index < -0.39 is 35.3 Å². The summed E-state index contributed by atoms with van der Waals surface area (Å²) in [6, 6.07) is 3.53. The van der Waals surface area contributed by atoms with Gasteiger partial charge in [0.15, 0.2) is 0 Å². The number of alkyl halides is 3. The topological polar surface area (TPSA) is 61.4 Å². The normalized spacial score (nSPS) is 13.5. The molecule has 1 aromatic carbocycles. The summed E-state index contributed by atoms with van der Waals surface area (Å²) in [6.45, 7) is 7.25. The smallest absolute Gasteiger partial charge is 0.333 e. The minimum atomic E-state index is -4.38. The zero-order valence-corrected chi connectivity index (χ0v) is 15.0. The third-order valence-electron chi connectivity index (χ3n) is 3.48. The van der Waals surface area contributed by atoms with Gasteiger partial charge < -0.3 is 5.32 Å². The molecule has 140 valence electrons. The number of imide groups is 1. The van der Waals surface area contributed by atoms with E-state index in [9.17, 15) is 22.8 Å². The number of rotatable bonds is 4. The van der Waals surface area contributed by atoms with Crippen LogP contribution in [0.3, 0.4) is 0 Å². The van der Waals surface area contributed by atoms with Crippen molar-refractivity contribution in [3.8, 4) is 0 Å². The van der Waals surface area contributed by atoms with Crippen molar-refractivity contribution in [2.45, 2.75) is 52.0 Å². The number of benzene rings is 1. The van der Waals surface area contributed by atoms with Gasteiger partial charge in [0.05, 0.1) is 11.6 Å². The van der Waals surface area contributed by atoms with Crippen LogP contribution >= 0.6 is 0 Å². The molecule has 0 heterocycles. The lowest BCUT2D eigenvalue weighted by atomic mass is 10.1. The molecule has 1 atom stereocenters. The van der Waals surface area contributed by atoms with E-state index in [1.807, 2.05) is 0 Å². The molecular formula is C17H24F3N3O2. The lowest BCUT2D eigenvalue weighted by molar-refractivity contribution is -0.137. The summed E-state index contributed by atoms with van der Waals surface area (Å²) in [4.78, 5) is 25.5. The van der Waals surface area contributed by atoms with Crippen molar-refractivity contribution >= 4 is 11.9 Å². The number of likely N-dealkylation sites (N-methyl/N-ethyl adjacent to an activating group) is 1. The highest BCUT2D eigenvalue weighted by atomic mass is 19.4. The van der Waals surface area contributed by atoms with Crippen LogP contribution in [0.1, 0.15) is 38.8 Å². The number of nitrogens with one attached hydrogen (secondary N) is 2. The molecule has 5 nitrogen and oxygen atoms in total. The molecule has 0 saturated heterocycles. The van der Waals surface area contributed by atoms with Crippen LogP contribution in [-0.4, -0.2) is 35.5 Å². The van der Waals surface area contributed by atoms with E-state index in [0.717, 1.165) is 12.1 Å². The molecule has 2 N–H and O–H groups in total. The van der Waals surface area contributed by atoms with Gasteiger partial charge in [-0.3, -0.25) is 15.0 Å². The Morgan fingerprint density at radius 1 is 1.12 bits per heavy atom. The van der Waals surface area contributed by atoms with Crippen molar-refractivity contribution in [2.24, 2.45) is 0 Å². The number of nitrogens with zero attached hydrogens (tertiary/aromatic N) is 1. The molecule has 0 aliphatic heterocycles. The Morgan fingerprint density at radius 3 is 2.08 bits per heavy atom. The summed E-state index contributed by atoms with van der Waals surface area (Å²) in [5, 5.41) is 4.87. The first-order valence-electron chi connectivity index (χ1n) is 7.79. The van der Waals surface area contributed by atoms with Gasteiger partial charge in [0.1, 0.15) is 0 Å². The first-order chi connectivity index (χ1) is 11.3. The third-order valence-corrected chi connectivity index (χ3v) is 3.48. The van der Waals surface area contributed by atoms with Gasteiger partial charge in [-0.25, -0.2) is 4.79 Å². The molecule has 1 rings (SSSR count). The third kappa shape index (κ3) is 7.13. The molecule has 8 heteroatoms. The number of hydrogen-bond donors (Lipinski definition) is 2. The number of carbonyl (C=O) groups is 2. The van der Waals surface area contributed by atoms with Crippen molar-refractivity contribution in [3.63, 3.8) is 0 Å². The fraction of sp³-hybridized carbons (Fsp3) is 0.529. The largest absolute Gasteiger partial charge is 0.416 e. The van der Waals surface area contributed by atoms with E-state index in [1.165, 1.54) is 12.1 Å². The quantitative estimate of drug-likeness (QED) is 0.868. The predicted octanol–water partition coefficient (Wildman–Crippen LogP) is 3.15. The van der Waals surface area contributed by atoms with Crippen LogP contribution in [0.4, 0.5) is 18.0 Å². The number of amides is 3. The van der Waals surface area contributed by atoms with Gasteiger partial charge in [-0.15, -0.1) is 0 Å². The van der Waals surface area contributed by atoms with Crippen LogP contribution < -0.4 is 10.6 Å². The van der Waals surface area contributed by atoms with Gasteiger partial charge >= 0.3 is 12.2 Å². The summed E-state index contributed by atoms with van der Waals surface area (Å²) < 4.78 is 37.7. The van der Waals surface area contributed by atoms with Crippen LogP contribution in [0, 0.1) is 0 Å². The van der Waals surface area contributed by atoms with Crippen molar-refractivity contribution < 1.29 is 22.8 Å². The highest BCUT2D eigenvalue weighted by Crippen LogP contribution is 2.29. The number of carbonyl (C=O) groups excluding carboxylic acids is 2. The highest BCUT2D eigenvalue weighted by molar-refractivity contribution is 5.97. The van der Waals surface area contributed by atoms with Crippen molar-refractivity contribution in [3.05, 3.63) is 35.4 Å². The Morgan fingerprint density at radius 2 is 1.64 bits per heavy atom. The fourth-order valence-corrected chi connectivity index (χ4v) is 2.01. The van der Waals surface area contributed by atoms with Crippen molar-refractivity contribution in [2.75, 3.05) is 7.05 Å².